The molecule has 0 aliphatic carbocycles. The summed E-state index contributed by atoms with van der Waals surface area (Å²) in [6.07, 6.45) is 0.154. The molecule has 0 aromatic heterocycles. The fourth-order valence-electron chi connectivity index (χ4n) is 4.06. The molecule has 0 spiro atoms. The standard InChI is InChI=1S/C22H23F2N3O2/c23-18-6-2-1-5-16(18)14-27-15-17(13-21(27)28)22(29)26-11-9-25(10-12-26)20-8-4-3-7-19(20)24/h1-8,17H,9-15H2. The maximum Gasteiger partial charge on any atom is 0.228 e. The van der Waals surface area contributed by atoms with Crippen molar-refractivity contribution in [2.75, 3.05) is 37.6 Å². The molecule has 5 nitrogen and oxygen atoms in total. The minimum absolute atomic E-state index is 0.0532. The zero-order chi connectivity index (χ0) is 20.4. The van der Waals surface area contributed by atoms with E-state index in [-0.39, 0.29) is 36.4 Å². The highest BCUT2D eigenvalue weighted by Gasteiger charge is 2.37. The number of benzene rings is 2. The lowest BCUT2D eigenvalue weighted by Crippen LogP contribution is -2.50. The highest BCUT2D eigenvalue weighted by molar-refractivity contribution is 5.89. The molecule has 0 radical (unpaired) electrons. The van der Waals surface area contributed by atoms with E-state index in [9.17, 15) is 18.4 Å². The van der Waals surface area contributed by atoms with Crippen molar-refractivity contribution < 1.29 is 18.4 Å². The Morgan fingerprint density at radius 2 is 1.59 bits per heavy atom. The average molecular weight is 399 g/mol. The zero-order valence-electron chi connectivity index (χ0n) is 16.1. The maximum absolute atomic E-state index is 14.0. The van der Waals surface area contributed by atoms with E-state index in [1.54, 1.807) is 46.2 Å². The smallest absolute Gasteiger partial charge is 0.228 e. The highest BCUT2D eigenvalue weighted by atomic mass is 19.1. The summed E-state index contributed by atoms with van der Waals surface area (Å²) in [5.74, 6) is -1.20. The summed E-state index contributed by atoms with van der Waals surface area (Å²) in [5, 5.41) is 0. The molecule has 1 unspecified atom stereocenters. The SMILES string of the molecule is O=C1CC(C(=O)N2CCN(c3ccccc3F)CC2)CN1Cc1ccccc1F. The summed E-state index contributed by atoms with van der Waals surface area (Å²) in [6.45, 7) is 2.56. The van der Waals surface area contributed by atoms with Gasteiger partial charge in [-0.25, -0.2) is 8.78 Å². The Labute approximate surface area is 168 Å². The number of amides is 2. The van der Waals surface area contributed by atoms with Gasteiger partial charge < -0.3 is 14.7 Å². The van der Waals surface area contributed by atoms with Crippen LogP contribution in [-0.4, -0.2) is 54.3 Å². The van der Waals surface area contributed by atoms with Crippen LogP contribution in [0.1, 0.15) is 12.0 Å². The number of carbonyl (C=O) groups excluding carboxylic acids is 2. The molecule has 152 valence electrons. The molecule has 2 saturated heterocycles. The van der Waals surface area contributed by atoms with Gasteiger partial charge in [-0.15, -0.1) is 0 Å². The zero-order valence-corrected chi connectivity index (χ0v) is 16.1. The van der Waals surface area contributed by atoms with Gasteiger partial charge in [-0.05, 0) is 18.2 Å². The molecule has 2 aliphatic rings. The predicted octanol–water partition coefficient (Wildman–Crippen LogP) is 2.66. The van der Waals surface area contributed by atoms with Gasteiger partial charge in [-0.2, -0.15) is 0 Å². The monoisotopic (exact) mass is 399 g/mol. The molecule has 0 N–H and O–H groups in total. The Hall–Kier alpha value is -2.96. The summed E-state index contributed by atoms with van der Waals surface area (Å²) in [7, 11) is 0. The van der Waals surface area contributed by atoms with Crippen LogP contribution in [0.5, 0.6) is 0 Å². The summed E-state index contributed by atoms with van der Waals surface area (Å²) < 4.78 is 27.9. The average Bonchev–Trinajstić information content (AvgIpc) is 3.10. The quantitative estimate of drug-likeness (QED) is 0.794. The second kappa shape index (κ2) is 8.19. The third-order valence-electron chi connectivity index (χ3n) is 5.67. The Morgan fingerprint density at radius 3 is 2.28 bits per heavy atom. The molecule has 0 bridgehead atoms. The second-order valence-corrected chi connectivity index (χ2v) is 7.53. The highest BCUT2D eigenvalue weighted by Crippen LogP contribution is 2.25. The summed E-state index contributed by atoms with van der Waals surface area (Å²) in [4.78, 5) is 30.5. The molecular weight excluding hydrogens is 376 g/mol. The Bertz CT molecular complexity index is 912. The molecule has 29 heavy (non-hydrogen) atoms. The van der Waals surface area contributed by atoms with Gasteiger partial charge in [0.05, 0.1) is 11.6 Å². The van der Waals surface area contributed by atoms with Crippen molar-refractivity contribution in [2.45, 2.75) is 13.0 Å². The lowest BCUT2D eigenvalue weighted by atomic mass is 10.1. The van der Waals surface area contributed by atoms with Crippen LogP contribution in [0.3, 0.4) is 0 Å². The maximum atomic E-state index is 14.0. The van der Waals surface area contributed by atoms with E-state index >= 15 is 0 Å². The molecule has 2 aromatic rings. The first-order chi connectivity index (χ1) is 14.0. The van der Waals surface area contributed by atoms with Crippen LogP contribution in [0.4, 0.5) is 14.5 Å². The van der Waals surface area contributed by atoms with E-state index in [2.05, 4.69) is 0 Å². The van der Waals surface area contributed by atoms with E-state index in [4.69, 9.17) is 0 Å². The third kappa shape index (κ3) is 4.09. The number of rotatable bonds is 4. The second-order valence-electron chi connectivity index (χ2n) is 7.53. The van der Waals surface area contributed by atoms with Gasteiger partial charge in [0.2, 0.25) is 11.8 Å². The molecule has 4 rings (SSSR count). The summed E-state index contributed by atoms with van der Waals surface area (Å²) >= 11 is 0. The number of anilines is 1. The van der Waals surface area contributed by atoms with Crippen LogP contribution in [0.15, 0.2) is 48.5 Å². The lowest BCUT2D eigenvalue weighted by molar-refractivity contribution is -0.136. The van der Waals surface area contributed by atoms with E-state index in [1.807, 2.05) is 4.90 Å². The molecule has 2 heterocycles. The third-order valence-corrected chi connectivity index (χ3v) is 5.67. The summed E-state index contributed by atoms with van der Waals surface area (Å²) in [6, 6.07) is 13.0. The minimum Gasteiger partial charge on any atom is -0.366 e. The van der Waals surface area contributed by atoms with Gasteiger partial charge in [-0.3, -0.25) is 9.59 Å². The number of para-hydroxylation sites is 1. The number of halogens is 2. The Morgan fingerprint density at radius 1 is 0.931 bits per heavy atom. The predicted molar refractivity (Wildman–Crippen MR) is 105 cm³/mol. The molecule has 7 heteroatoms. The van der Waals surface area contributed by atoms with Gasteiger partial charge in [0.15, 0.2) is 0 Å². The Kier molecular flexibility index (Phi) is 5.47. The molecule has 2 amide bonds. The molecule has 2 fully saturated rings. The van der Waals surface area contributed by atoms with Crippen LogP contribution in [0.2, 0.25) is 0 Å². The number of nitrogens with zero attached hydrogens (tertiary/aromatic N) is 3. The van der Waals surface area contributed by atoms with Gasteiger partial charge in [0, 0.05) is 51.3 Å². The van der Waals surface area contributed by atoms with Crippen LogP contribution in [0, 0.1) is 17.6 Å². The topological polar surface area (TPSA) is 43.9 Å². The first kappa shape index (κ1) is 19.4. The van der Waals surface area contributed by atoms with Crippen LogP contribution in [-0.2, 0) is 16.1 Å². The van der Waals surface area contributed by atoms with Gasteiger partial charge >= 0.3 is 0 Å². The number of carbonyl (C=O) groups is 2. The normalized spacial score (nSPS) is 19.7. The van der Waals surface area contributed by atoms with Crippen molar-refractivity contribution in [3.63, 3.8) is 0 Å². The molecule has 0 saturated carbocycles. The lowest BCUT2D eigenvalue weighted by Gasteiger charge is -2.37. The van der Waals surface area contributed by atoms with Gasteiger partial charge in [0.25, 0.3) is 0 Å². The number of hydrogen-bond donors (Lipinski definition) is 0. The minimum atomic E-state index is -0.408. The van der Waals surface area contributed by atoms with Crippen LogP contribution < -0.4 is 4.90 Å². The fourth-order valence-corrected chi connectivity index (χ4v) is 4.06. The number of piperazine rings is 1. The molecular formula is C22H23F2N3O2. The van der Waals surface area contributed by atoms with Gasteiger partial charge in [0.1, 0.15) is 11.6 Å². The van der Waals surface area contributed by atoms with E-state index < -0.39 is 5.92 Å². The van der Waals surface area contributed by atoms with E-state index in [0.29, 0.717) is 44.0 Å². The molecule has 2 aliphatic heterocycles. The van der Waals surface area contributed by atoms with Crippen molar-refractivity contribution in [3.05, 3.63) is 65.7 Å². The van der Waals surface area contributed by atoms with Crippen molar-refractivity contribution >= 4 is 17.5 Å². The van der Waals surface area contributed by atoms with Crippen LogP contribution in [0.25, 0.3) is 0 Å². The van der Waals surface area contributed by atoms with Crippen molar-refractivity contribution in [2.24, 2.45) is 5.92 Å². The molecule has 1 atom stereocenters. The molecule has 2 aromatic carbocycles. The fraction of sp³-hybridized carbons (Fsp3) is 0.364. The van der Waals surface area contributed by atoms with Crippen LogP contribution >= 0.6 is 0 Å². The first-order valence-corrected chi connectivity index (χ1v) is 9.82. The van der Waals surface area contributed by atoms with Crippen molar-refractivity contribution in [1.82, 2.24) is 9.80 Å². The van der Waals surface area contributed by atoms with E-state index in [0.717, 1.165) is 0 Å². The number of hydrogen-bond acceptors (Lipinski definition) is 3. The van der Waals surface area contributed by atoms with Gasteiger partial charge in [-0.1, -0.05) is 30.3 Å². The largest absolute Gasteiger partial charge is 0.366 e. The van der Waals surface area contributed by atoms with Crippen molar-refractivity contribution in [1.29, 1.82) is 0 Å². The van der Waals surface area contributed by atoms with Crippen molar-refractivity contribution in [3.8, 4) is 0 Å². The summed E-state index contributed by atoms with van der Waals surface area (Å²) in [5.41, 5.74) is 0.999. The first-order valence-electron chi connectivity index (χ1n) is 9.82. The number of likely N-dealkylation sites (tertiary alicyclic amines) is 1. The van der Waals surface area contributed by atoms with E-state index in [1.165, 1.54) is 12.1 Å². The Balaban J connectivity index is 1.34.